The van der Waals surface area contributed by atoms with Crippen molar-refractivity contribution in [1.82, 2.24) is 0 Å². The van der Waals surface area contributed by atoms with Crippen molar-refractivity contribution in [3.8, 4) is 34.5 Å². The Balaban J connectivity index is 2.26. The van der Waals surface area contributed by atoms with E-state index in [4.69, 9.17) is 28.4 Å². The van der Waals surface area contributed by atoms with Crippen molar-refractivity contribution >= 4 is 11.6 Å². The minimum absolute atomic E-state index is 0.236. The summed E-state index contributed by atoms with van der Waals surface area (Å²) in [5, 5.41) is 0. The van der Waals surface area contributed by atoms with E-state index in [-0.39, 0.29) is 33.8 Å². The molecular formula is C68H116O8. The summed E-state index contributed by atoms with van der Waals surface area (Å²) in [6.07, 6.45) is 28.0. The van der Waals surface area contributed by atoms with E-state index in [0.29, 0.717) is 121 Å². The molecule has 0 saturated carbocycles. The van der Waals surface area contributed by atoms with Gasteiger partial charge in [-0.15, -0.1) is 0 Å². The lowest BCUT2D eigenvalue weighted by molar-refractivity contribution is 0.0968. The van der Waals surface area contributed by atoms with E-state index in [9.17, 15) is 0 Å². The number of hydrogen-bond acceptors (Lipinski definition) is 8. The Kier molecular flexibility index (Phi) is 33.6. The SMILES string of the molecule is CCCCCCCOc1c(OCCC(C)CCCC(C)C)c(OCCC(C)CCCC(C)C)cc2c1C(=O)c1cc(OCCC(C)CCCC(C)C)c(OCCC(C)CCCC(C)C)c(OCCCCCCC)c1C2=O. The largest absolute Gasteiger partial charge is 0.490 e. The Morgan fingerprint density at radius 2 is 0.579 bits per heavy atom. The summed E-state index contributed by atoms with van der Waals surface area (Å²) in [6.45, 7) is 34.5. The van der Waals surface area contributed by atoms with E-state index < -0.39 is 0 Å². The molecule has 1 aliphatic rings. The van der Waals surface area contributed by atoms with E-state index in [1.54, 1.807) is 12.1 Å². The fraction of sp³-hybridized carbons (Fsp3) is 0.794. The minimum Gasteiger partial charge on any atom is -0.490 e. The standard InChI is InChI=1S/C68H116O8/c1-15-17-19-21-23-41-73-67-61-57(47-59(71-43-37-53(11)33-25-29-49(3)4)65(67)75-45-39-55(13)35-27-31-51(7)8)64(70)62-58(63(61)69)48-60(72-44-38-54(12)34-26-30-50(5)6)66(68(62)74-42-24-22-20-18-16-2)76-46-40-56(14)36-28-32-52(9)10/h47-56H,15-46H2,1-14H3. The first-order valence-corrected chi connectivity index (χ1v) is 31.8. The number of ether oxygens (including phenoxy) is 6. The maximum atomic E-state index is 15.7. The Labute approximate surface area is 467 Å². The van der Waals surface area contributed by atoms with Gasteiger partial charge < -0.3 is 28.4 Å². The fourth-order valence-electron chi connectivity index (χ4n) is 10.4. The maximum absolute atomic E-state index is 15.7. The van der Waals surface area contributed by atoms with Gasteiger partial charge in [-0.25, -0.2) is 0 Å². The molecule has 0 radical (unpaired) electrons. The van der Waals surface area contributed by atoms with Crippen molar-refractivity contribution in [2.24, 2.45) is 47.3 Å². The monoisotopic (exact) mass is 1060 g/mol. The van der Waals surface area contributed by atoms with Crippen LogP contribution in [-0.2, 0) is 0 Å². The van der Waals surface area contributed by atoms with Crippen LogP contribution < -0.4 is 28.4 Å². The molecule has 0 bridgehead atoms. The predicted octanol–water partition coefficient (Wildman–Crippen LogP) is 20.1. The van der Waals surface area contributed by atoms with Crippen LogP contribution in [0.2, 0.25) is 0 Å². The van der Waals surface area contributed by atoms with E-state index in [0.717, 1.165) is 116 Å². The predicted molar refractivity (Wildman–Crippen MR) is 320 cm³/mol. The number of benzene rings is 2. The second kappa shape index (κ2) is 38.2. The van der Waals surface area contributed by atoms with Crippen LogP contribution in [0.25, 0.3) is 0 Å². The summed E-state index contributed by atoms with van der Waals surface area (Å²) in [4.78, 5) is 31.4. The van der Waals surface area contributed by atoms with Gasteiger partial charge in [-0.2, -0.15) is 0 Å². The summed E-state index contributed by atoms with van der Waals surface area (Å²) in [5.74, 6) is 6.34. The Morgan fingerprint density at radius 1 is 0.303 bits per heavy atom. The van der Waals surface area contributed by atoms with Gasteiger partial charge in [0.05, 0.1) is 50.8 Å². The summed E-state index contributed by atoms with van der Waals surface area (Å²) < 4.78 is 40.9. The van der Waals surface area contributed by atoms with Gasteiger partial charge in [0.25, 0.3) is 0 Å². The molecule has 0 heterocycles. The zero-order valence-corrected chi connectivity index (χ0v) is 51.7. The second-order valence-corrected chi connectivity index (χ2v) is 25.4. The van der Waals surface area contributed by atoms with Gasteiger partial charge in [-0.3, -0.25) is 9.59 Å². The number of hydrogen-bond donors (Lipinski definition) is 0. The molecule has 0 aromatic heterocycles. The number of unbranched alkanes of at least 4 members (excludes halogenated alkanes) is 8. The van der Waals surface area contributed by atoms with Crippen molar-refractivity contribution in [3.05, 3.63) is 34.4 Å². The van der Waals surface area contributed by atoms with Crippen LogP contribution >= 0.6 is 0 Å². The zero-order valence-electron chi connectivity index (χ0n) is 51.7. The molecule has 8 nitrogen and oxygen atoms in total. The molecule has 1 aliphatic carbocycles. The van der Waals surface area contributed by atoms with E-state index in [1.807, 2.05) is 0 Å². The van der Waals surface area contributed by atoms with Crippen LogP contribution in [0.3, 0.4) is 0 Å². The van der Waals surface area contributed by atoms with Crippen molar-refractivity contribution in [1.29, 1.82) is 0 Å². The van der Waals surface area contributed by atoms with Crippen molar-refractivity contribution < 1.29 is 38.0 Å². The summed E-state index contributed by atoms with van der Waals surface area (Å²) >= 11 is 0. The highest BCUT2D eigenvalue weighted by molar-refractivity contribution is 6.31. The van der Waals surface area contributed by atoms with Gasteiger partial charge in [0.15, 0.2) is 34.6 Å². The second-order valence-electron chi connectivity index (χ2n) is 25.4. The molecule has 436 valence electrons. The Hall–Kier alpha value is -3.42. The van der Waals surface area contributed by atoms with Crippen LogP contribution in [0, 0.1) is 47.3 Å². The molecule has 76 heavy (non-hydrogen) atoms. The molecule has 4 unspecified atom stereocenters. The number of carbonyl (C=O) groups is 2. The quantitative estimate of drug-likeness (QED) is 0.0517. The Morgan fingerprint density at radius 3 is 0.868 bits per heavy atom. The minimum atomic E-state index is -0.298. The highest BCUT2D eigenvalue weighted by Gasteiger charge is 2.41. The molecule has 0 spiro atoms. The molecule has 0 aliphatic heterocycles. The molecule has 2 aromatic carbocycles. The van der Waals surface area contributed by atoms with Crippen LogP contribution in [0.5, 0.6) is 34.5 Å². The zero-order chi connectivity index (χ0) is 55.8. The average molecular weight is 1060 g/mol. The highest BCUT2D eigenvalue weighted by Crippen LogP contribution is 2.51. The molecule has 3 rings (SSSR count). The van der Waals surface area contributed by atoms with Gasteiger partial charge in [0, 0.05) is 11.1 Å². The van der Waals surface area contributed by atoms with Gasteiger partial charge in [-0.1, -0.05) is 225 Å². The number of carbonyl (C=O) groups excluding carboxylic acids is 2. The fourth-order valence-corrected chi connectivity index (χ4v) is 10.4. The third-order valence-electron chi connectivity index (χ3n) is 15.7. The maximum Gasteiger partial charge on any atom is 0.204 e. The molecule has 0 amide bonds. The van der Waals surface area contributed by atoms with Gasteiger partial charge in [-0.05, 0) is 98.0 Å². The third kappa shape index (κ3) is 25.1. The molecule has 0 N–H and O–H groups in total. The normalized spacial score (nSPS) is 14.1. The smallest absolute Gasteiger partial charge is 0.204 e. The molecule has 8 heteroatoms. The van der Waals surface area contributed by atoms with Gasteiger partial charge in [0.2, 0.25) is 11.5 Å². The molecule has 0 fully saturated rings. The van der Waals surface area contributed by atoms with E-state index in [2.05, 4.69) is 96.9 Å². The lowest BCUT2D eigenvalue weighted by Crippen LogP contribution is -2.25. The number of rotatable bonds is 46. The first-order chi connectivity index (χ1) is 36.5. The van der Waals surface area contributed by atoms with Crippen LogP contribution in [-0.4, -0.2) is 51.2 Å². The lowest BCUT2D eigenvalue weighted by Gasteiger charge is -2.28. The summed E-state index contributed by atoms with van der Waals surface area (Å²) in [7, 11) is 0. The molecular weight excluding hydrogens is 945 g/mol. The van der Waals surface area contributed by atoms with Gasteiger partial charge >= 0.3 is 0 Å². The molecule has 0 saturated heterocycles. The van der Waals surface area contributed by atoms with Crippen LogP contribution in [0.4, 0.5) is 0 Å². The molecule has 4 atom stereocenters. The summed E-state index contributed by atoms with van der Waals surface area (Å²) in [6, 6.07) is 3.55. The number of ketones is 2. The average Bonchev–Trinajstić information content (AvgIpc) is 3.38. The van der Waals surface area contributed by atoms with Crippen molar-refractivity contribution in [2.75, 3.05) is 39.6 Å². The third-order valence-corrected chi connectivity index (χ3v) is 15.7. The lowest BCUT2D eigenvalue weighted by atomic mass is 9.82. The van der Waals surface area contributed by atoms with Gasteiger partial charge in [0.1, 0.15) is 0 Å². The number of fused-ring (bicyclic) bond motifs is 2. The Bertz CT molecular complexity index is 1760. The first kappa shape index (κ1) is 66.9. The molecule has 2 aromatic rings. The topological polar surface area (TPSA) is 89.5 Å². The van der Waals surface area contributed by atoms with Crippen LogP contribution in [0.1, 0.15) is 296 Å². The first-order valence-electron chi connectivity index (χ1n) is 31.8. The van der Waals surface area contributed by atoms with Crippen LogP contribution in [0.15, 0.2) is 12.1 Å². The van der Waals surface area contributed by atoms with Crippen molar-refractivity contribution in [2.45, 2.75) is 264 Å². The van der Waals surface area contributed by atoms with E-state index >= 15 is 9.59 Å². The summed E-state index contributed by atoms with van der Waals surface area (Å²) in [5.41, 5.74) is 0.989. The van der Waals surface area contributed by atoms with Crippen molar-refractivity contribution in [3.63, 3.8) is 0 Å². The highest BCUT2D eigenvalue weighted by atomic mass is 16.5. The van der Waals surface area contributed by atoms with E-state index in [1.165, 1.54) is 51.4 Å².